The van der Waals surface area contributed by atoms with Crippen molar-refractivity contribution in [2.45, 2.75) is 13.3 Å². The summed E-state index contributed by atoms with van der Waals surface area (Å²) in [5, 5.41) is 0. The predicted octanol–water partition coefficient (Wildman–Crippen LogP) is 1.39. The number of anilines is 1. The van der Waals surface area contributed by atoms with Gasteiger partial charge in [-0.1, -0.05) is 12.1 Å². The van der Waals surface area contributed by atoms with Crippen LogP contribution < -0.4 is 11.3 Å². The van der Waals surface area contributed by atoms with Gasteiger partial charge in [0.05, 0.1) is 5.56 Å². The van der Waals surface area contributed by atoms with Gasteiger partial charge in [-0.25, -0.2) is 9.37 Å². The number of H-pyrrole nitrogens is 1. The van der Waals surface area contributed by atoms with Crippen LogP contribution in [0, 0.1) is 12.7 Å². The van der Waals surface area contributed by atoms with Crippen molar-refractivity contribution in [1.29, 1.82) is 0 Å². The SMILES string of the molecule is Cc1c(N)nc(Cc2cccc(F)c2)[nH]c1=O. The summed E-state index contributed by atoms with van der Waals surface area (Å²) >= 11 is 0. The van der Waals surface area contributed by atoms with Crippen LogP contribution in [0.5, 0.6) is 0 Å². The number of aromatic nitrogens is 2. The first-order chi connectivity index (χ1) is 8.06. The lowest BCUT2D eigenvalue weighted by Gasteiger charge is -2.04. The van der Waals surface area contributed by atoms with Gasteiger partial charge in [0.25, 0.3) is 5.56 Å². The fraction of sp³-hybridized carbons (Fsp3) is 0.167. The monoisotopic (exact) mass is 233 g/mol. The van der Waals surface area contributed by atoms with Crippen LogP contribution in [0.2, 0.25) is 0 Å². The molecule has 0 fully saturated rings. The molecule has 0 bridgehead atoms. The van der Waals surface area contributed by atoms with Crippen LogP contribution in [0.25, 0.3) is 0 Å². The molecule has 2 rings (SSSR count). The quantitative estimate of drug-likeness (QED) is 0.823. The maximum absolute atomic E-state index is 13.0. The number of halogens is 1. The third-order valence-electron chi connectivity index (χ3n) is 2.50. The number of rotatable bonds is 2. The first-order valence-electron chi connectivity index (χ1n) is 5.16. The Morgan fingerprint density at radius 1 is 1.47 bits per heavy atom. The summed E-state index contributed by atoms with van der Waals surface area (Å²) in [6.07, 6.45) is 0.345. The zero-order valence-electron chi connectivity index (χ0n) is 9.33. The maximum Gasteiger partial charge on any atom is 0.255 e. The number of nitrogen functional groups attached to an aromatic ring is 1. The van der Waals surface area contributed by atoms with Crippen molar-refractivity contribution in [1.82, 2.24) is 9.97 Å². The Morgan fingerprint density at radius 2 is 2.24 bits per heavy atom. The third kappa shape index (κ3) is 2.50. The van der Waals surface area contributed by atoms with Gasteiger partial charge >= 0.3 is 0 Å². The van der Waals surface area contributed by atoms with Crippen LogP contribution in [-0.4, -0.2) is 9.97 Å². The Balaban J connectivity index is 2.34. The van der Waals surface area contributed by atoms with E-state index in [0.29, 0.717) is 17.8 Å². The number of hydrogen-bond acceptors (Lipinski definition) is 3. The number of benzene rings is 1. The van der Waals surface area contributed by atoms with Crippen LogP contribution in [0.1, 0.15) is 17.0 Å². The minimum atomic E-state index is -0.315. The van der Waals surface area contributed by atoms with Gasteiger partial charge in [-0.05, 0) is 24.6 Å². The van der Waals surface area contributed by atoms with E-state index < -0.39 is 0 Å². The zero-order valence-corrected chi connectivity index (χ0v) is 9.33. The molecule has 88 valence electrons. The molecular formula is C12H12FN3O. The predicted molar refractivity (Wildman–Crippen MR) is 63.2 cm³/mol. The highest BCUT2D eigenvalue weighted by atomic mass is 19.1. The summed E-state index contributed by atoms with van der Waals surface area (Å²) in [4.78, 5) is 18.1. The Morgan fingerprint density at radius 3 is 2.88 bits per heavy atom. The van der Waals surface area contributed by atoms with Crippen molar-refractivity contribution in [2.24, 2.45) is 0 Å². The molecule has 4 nitrogen and oxygen atoms in total. The fourth-order valence-corrected chi connectivity index (χ4v) is 1.52. The smallest absolute Gasteiger partial charge is 0.255 e. The Bertz CT molecular complexity index is 607. The Hall–Kier alpha value is -2.17. The van der Waals surface area contributed by atoms with Crippen LogP contribution in [0.15, 0.2) is 29.1 Å². The summed E-state index contributed by atoms with van der Waals surface area (Å²) in [6, 6.07) is 6.14. The van der Waals surface area contributed by atoms with E-state index in [-0.39, 0.29) is 17.2 Å². The molecule has 0 aliphatic rings. The van der Waals surface area contributed by atoms with E-state index in [0.717, 1.165) is 5.56 Å². The molecule has 0 aliphatic heterocycles. The summed E-state index contributed by atoms with van der Waals surface area (Å²) < 4.78 is 13.0. The van der Waals surface area contributed by atoms with E-state index in [1.807, 2.05) is 0 Å². The van der Waals surface area contributed by atoms with E-state index >= 15 is 0 Å². The molecule has 1 aromatic carbocycles. The largest absolute Gasteiger partial charge is 0.383 e. The minimum Gasteiger partial charge on any atom is -0.383 e. The van der Waals surface area contributed by atoms with Crippen molar-refractivity contribution >= 4 is 5.82 Å². The van der Waals surface area contributed by atoms with Gasteiger partial charge in [-0.3, -0.25) is 4.79 Å². The van der Waals surface area contributed by atoms with Gasteiger partial charge in [0, 0.05) is 6.42 Å². The molecule has 0 aliphatic carbocycles. The summed E-state index contributed by atoms with van der Waals surface area (Å²) in [7, 11) is 0. The number of nitrogens with zero attached hydrogens (tertiary/aromatic N) is 1. The molecule has 0 unspecified atom stereocenters. The molecule has 3 N–H and O–H groups in total. The van der Waals surface area contributed by atoms with Gasteiger partial charge in [0.1, 0.15) is 17.5 Å². The normalized spacial score (nSPS) is 10.5. The highest BCUT2D eigenvalue weighted by Crippen LogP contribution is 2.08. The topological polar surface area (TPSA) is 71.8 Å². The van der Waals surface area contributed by atoms with Gasteiger partial charge in [0.2, 0.25) is 0 Å². The van der Waals surface area contributed by atoms with Crippen molar-refractivity contribution in [3.8, 4) is 0 Å². The van der Waals surface area contributed by atoms with Crippen LogP contribution in [0.4, 0.5) is 10.2 Å². The molecule has 1 aromatic heterocycles. The van der Waals surface area contributed by atoms with Crippen molar-refractivity contribution in [3.63, 3.8) is 0 Å². The molecule has 0 amide bonds. The molecule has 0 spiro atoms. The molecular weight excluding hydrogens is 221 g/mol. The Kier molecular flexibility index (Phi) is 2.91. The van der Waals surface area contributed by atoms with E-state index in [1.54, 1.807) is 19.1 Å². The second kappa shape index (κ2) is 4.37. The lowest BCUT2D eigenvalue weighted by atomic mass is 10.1. The standard InChI is InChI=1S/C12H12FN3O/c1-7-11(14)15-10(16-12(7)17)6-8-3-2-4-9(13)5-8/h2-5H,6H2,1H3,(H3,14,15,16,17). The summed E-state index contributed by atoms with van der Waals surface area (Å²) in [5.74, 6) is 0.328. The van der Waals surface area contributed by atoms with Gasteiger partial charge < -0.3 is 10.7 Å². The van der Waals surface area contributed by atoms with E-state index in [9.17, 15) is 9.18 Å². The highest BCUT2D eigenvalue weighted by molar-refractivity contribution is 5.36. The second-order valence-electron chi connectivity index (χ2n) is 3.83. The van der Waals surface area contributed by atoms with Gasteiger partial charge in [-0.15, -0.1) is 0 Å². The molecule has 1 heterocycles. The zero-order chi connectivity index (χ0) is 12.4. The summed E-state index contributed by atoms with van der Waals surface area (Å²) in [5.41, 5.74) is 6.47. The second-order valence-corrected chi connectivity index (χ2v) is 3.83. The molecule has 17 heavy (non-hydrogen) atoms. The third-order valence-corrected chi connectivity index (χ3v) is 2.50. The molecule has 0 saturated carbocycles. The number of hydrogen-bond donors (Lipinski definition) is 2. The average Bonchev–Trinajstić information content (AvgIpc) is 2.26. The van der Waals surface area contributed by atoms with E-state index in [2.05, 4.69) is 9.97 Å². The lowest BCUT2D eigenvalue weighted by molar-refractivity contribution is 0.625. The van der Waals surface area contributed by atoms with Crippen LogP contribution in [0.3, 0.4) is 0 Å². The fourth-order valence-electron chi connectivity index (χ4n) is 1.52. The highest BCUT2D eigenvalue weighted by Gasteiger charge is 2.05. The van der Waals surface area contributed by atoms with Crippen molar-refractivity contribution in [2.75, 3.05) is 5.73 Å². The summed E-state index contributed by atoms with van der Waals surface area (Å²) in [6.45, 7) is 1.60. The lowest BCUT2D eigenvalue weighted by Crippen LogP contribution is -2.17. The molecule has 0 saturated heterocycles. The maximum atomic E-state index is 13.0. The first kappa shape index (κ1) is 11.3. The average molecular weight is 233 g/mol. The molecule has 5 heteroatoms. The van der Waals surface area contributed by atoms with Gasteiger partial charge in [-0.2, -0.15) is 0 Å². The van der Waals surface area contributed by atoms with E-state index in [4.69, 9.17) is 5.73 Å². The minimum absolute atomic E-state index is 0.208. The van der Waals surface area contributed by atoms with Gasteiger partial charge in [0.15, 0.2) is 0 Å². The molecule has 0 atom stereocenters. The Labute approximate surface area is 97.3 Å². The number of nitrogens with one attached hydrogen (secondary N) is 1. The van der Waals surface area contributed by atoms with E-state index in [1.165, 1.54) is 12.1 Å². The molecule has 0 radical (unpaired) electrons. The number of nitrogens with two attached hydrogens (primary N) is 1. The van der Waals surface area contributed by atoms with Crippen molar-refractivity contribution < 1.29 is 4.39 Å². The van der Waals surface area contributed by atoms with Crippen molar-refractivity contribution in [3.05, 3.63) is 57.4 Å². The van der Waals surface area contributed by atoms with Crippen LogP contribution in [-0.2, 0) is 6.42 Å². The molecule has 2 aromatic rings. The number of aromatic amines is 1. The first-order valence-corrected chi connectivity index (χ1v) is 5.16. The van der Waals surface area contributed by atoms with Crippen LogP contribution >= 0.6 is 0 Å².